The topological polar surface area (TPSA) is 38.0 Å². The molecule has 0 saturated heterocycles. The zero-order valence-electron chi connectivity index (χ0n) is 11.4. The van der Waals surface area contributed by atoms with Crippen molar-refractivity contribution in [2.45, 2.75) is 52.0 Å². The summed E-state index contributed by atoms with van der Waals surface area (Å²) in [5.74, 6) is 0. The Labute approximate surface area is 106 Å². The van der Waals surface area contributed by atoms with Crippen LogP contribution in [0.3, 0.4) is 0 Å². The Morgan fingerprint density at radius 2 is 1.71 bits per heavy atom. The molecule has 0 unspecified atom stereocenters. The van der Waals surface area contributed by atoms with Crippen molar-refractivity contribution in [3.63, 3.8) is 0 Å². The predicted octanol–water partition coefficient (Wildman–Crippen LogP) is 3.67. The Bertz CT molecular complexity index is 314. The zero-order chi connectivity index (χ0) is 12.7. The number of hydrogen-bond donors (Lipinski definition) is 2. The fourth-order valence-corrected chi connectivity index (χ4v) is 1.95. The highest BCUT2D eigenvalue weighted by molar-refractivity contribution is 5.41. The highest BCUT2D eigenvalue weighted by Gasteiger charge is 2.18. The molecule has 1 aromatic carbocycles. The molecule has 0 heterocycles. The van der Waals surface area contributed by atoms with Crippen molar-refractivity contribution in [1.82, 2.24) is 5.32 Å². The lowest BCUT2D eigenvalue weighted by atomic mass is 9.94. The van der Waals surface area contributed by atoms with Gasteiger partial charge in [-0.05, 0) is 44.5 Å². The van der Waals surface area contributed by atoms with Gasteiger partial charge in [0.1, 0.15) is 0 Å². The maximum Gasteiger partial charge on any atom is 0.0377 e. The number of nitrogen functional groups attached to an aromatic ring is 1. The molecule has 0 aromatic heterocycles. The van der Waals surface area contributed by atoms with E-state index >= 15 is 0 Å². The first kappa shape index (κ1) is 14.0. The Hall–Kier alpha value is -1.02. The molecule has 2 nitrogen and oxygen atoms in total. The van der Waals surface area contributed by atoms with Gasteiger partial charge in [0.15, 0.2) is 0 Å². The van der Waals surface area contributed by atoms with E-state index in [2.05, 4.69) is 38.2 Å². The molecule has 3 N–H and O–H groups in total. The van der Waals surface area contributed by atoms with E-state index in [4.69, 9.17) is 5.73 Å². The molecule has 0 aliphatic rings. The van der Waals surface area contributed by atoms with Gasteiger partial charge in [-0.2, -0.15) is 0 Å². The first-order valence-corrected chi connectivity index (χ1v) is 6.67. The van der Waals surface area contributed by atoms with E-state index < -0.39 is 0 Å². The molecule has 96 valence electrons. The smallest absolute Gasteiger partial charge is 0.0377 e. The average Bonchev–Trinajstić information content (AvgIpc) is 2.29. The van der Waals surface area contributed by atoms with Crippen molar-refractivity contribution >= 4 is 5.69 Å². The highest BCUT2D eigenvalue weighted by Crippen LogP contribution is 2.21. The Kier molecular flexibility index (Phi) is 5.49. The molecule has 0 saturated carbocycles. The van der Waals surface area contributed by atoms with Crippen LogP contribution in [0.25, 0.3) is 0 Å². The molecule has 0 spiro atoms. The third kappa shape index (κ3) is 4.78. The molecule has 0 atom stereocenters. The van der Waals surface area contributed by atoms with Crippen molar-refractivity contribution in [3.8, 4) is 0 Å². The summed E-state index contributed by atoms with van der Waals surface area (Å²) in [6, 6.07) is 8.15. The average molecular weight is 234 g/mol. The van der Waals surface area contributed by atoms with E-state index in [0.29, 0.717) is 0 Å². The van der Waals surface area contributed by atoms with Gasteiger partial charge in [0, 0.05) is 11.2 Å². The summed E-state index contributed by atoms with van der Waals surface area (Å²) in [4.78, 5) is 0. The lowest BCUT2D eigenvalue weighted by Crippen LogP contribution is -2.37. The van der Waals surface area contributed by atoms with Gasteiger partial charge < -0.3 is 11.1 Å². The van der Waals surface area contributed by atoms with Crippen LogP contribution in [0.4, 0.5) is 5.69 Å². The van der Waals surface area contributed by atoms with Crippen LogP contribution in [0, 0.1) is 0 Å². The van der Waals surface area contributed by atoms with Crippen LogP contribution in [-0.2, 0) is 5.54 Å². The molecule has 0 aliphatic heterocycles. The number of anilines is 1. The van der Waals surface area contributed by atoms with Gasteiger partial charge in [-0.1, -0.05) is 38.3 Å². The van der Waals surface area contributed by atoms with Crippen LogP contribution in [0.1, 0.15) is 52.0 Å². The summed E-state index contributed by atoms with van der Waals surface area (Å²) in [5, 5.41) is 3.61. The van der Waals surface area contributed by atoms with Crippen molar-refractivity contribution in [3.05, 3.63) is 29.8 Å². The molecule has 0 bridgehead atoms. The number of nitrogens with two attached hydrogens (primary N) is 1. The van der Waals surface area contributed by atoms with Gasteiger partial charge in [-0.15, -0.1) is 0 Å². The van der Waals surface area contributed by atoms with E-state index in [0.717, 1.165) is 12.2 Å². The summed E-state index contributed by atoms with van der Waals surface area (Å²) in [7, 11) is 0. The third-order valence-corrected chi connectivity index (χ3v) is 3.23. The largest absolute Gasteiger partial charge is 0.399 e. The molecule has 0 aliphatic carbocycles. The second kappa shape index (κ2) is 6.65. The van der Waals surface area contributed by atoms with Crippen LogP contribution < -0.4 is 11.1 Å². The summed E-state index contributed by atoms with van der Waals surface area (Å²) >= 11 is 0. The molecule has 0 radical (unpaired) electrons. The molecular weight excluding hydrogens is 208 g/mol. The first-order valence-electron chi connectivity index (χ1n) is 6.67. The van der Waals surface area contributed by atoms with Crippen LogP contribution in [0.2, 0.25) is 0 Å². The highest BCUT2D eigenvalue weighted by atomic mass is 14.9. The zero-order valence-corrected chi connectivity index (χ0v) is 11.4. The Morgan fingerprint density at radius 1 is 1.06 bits per heavy atom. The van der Waals surface area contributed by atoms with Gasteiger partial charge in [0.05, 0.1) is 0 Å². The van der Waals surface area contributed by atoms with E-state index in [1.165, 1.54) is 31.2 Å². The number of benzene rings is 1. The summed E-state index contributed by atoms with van der Waals surface area (Å²) in [6.07, 6.45) is 5.21. The fourth-order valence-electron chi connectivity index (χ4n) is 1.95. The normalized spacial score (nSPS) is 11.7. The summed E-state index contributed by atoms with van der Waals surface area (Å²) < 4.78 is 0. The number of hydrogen-bond acceptors (Lipinski definition) is 2. The minimum Gasteiger partial charge on any atom is -0.399 e. The van der Waals surface area contributed by atoms with Gasteiger partial charge >= 0.3 is 0 Å². The molecule has 0 amide bonds. The van der Waals surface area contributed by atoms with Crippen molar-refractivity contribution in [2.75, 3.05) is 12.3 Å². The predicted molar refractivity (Wildman–Crippen MR) is 76.0 cm³/mol. The molecule has 17 heavy (non-hydrogen) atoms. The van der Waals surface area contributed by atoms with E-state index in [-0.39, 0.29) is 5.54 Å². The molecular formula is C15H26N2. The maximum atomic E-state index is 5.70. The van der Waals surface area contributed by atoms with Crippen molar-refractivity contribution in [1.29, 1.82) is 0 Å². The van der Waals surface area contributed by atoms with Crippen molar-refractivity contribution < 1.29 is 0 Å². The number of nitrogens with one attached hydrogen (secondary N) is 1. The second-order valence-electron chi connectivity index (χ2n) is 5.23. The quantitative estimate of drug-likeness (QED) is 0.558. The molecule has 1 aromatic rings. The Morgan fingerprint density at radius 3 is 2.29 bits per heavy atom. The second-order valence-corrected chi connectivity index (χ2v) is 5.23. The van der Waals surface area contributed by atoms with Gasteiger partial charge in [-0.25, -0.2) is 0 Å². The fraction of sp³-hybridized carbons (Fsp3) is 0.600. The monoisotopic (exact) mass is 234 g/mol. The van der Waals surface area contributed by atoms with E-state index in [9.17, 15) is 0 Å². The minimum atomic E-state index is 0.0277. The molecule has 0 fully saturated rings. The van der Waals surface area contributed by atoms with E-state index in [1.807, 2.05) is 12.1 Å². The standard InChI is InChI=1S/C15H26N2/c1-4-5-6-7-12-17-15(2,3)13-8-10-14(16)11-9-13/h8-11,17H,4-7,12,16H2,1-3H3. The van der Waals surface area contributed by atoms with Crippen LogP contribution >= 0.6 is 0 Å². The lowest BCUT2D eigenvalue weighted by molar-refractivity contribution is 0.395. The van der Waals surface area contributed by atoms with Crippen LogP contribution in [0.5, 0.6) is 0 Å². The summed E-state index contributed by atoms with van der Waals surface area (Å²) in [5.41, 5.74) is 7.85. The Balaban J connectivity index is 2.42. The van der Waals surface area contributed by atoms with E-state index in [1.54, 1.807) is 0 Å². The molecule has 1 rings (SSSR count). The minimum absolute atomic E-state index is 0.0277. The molecule has 2 heteroatoms. The number of unbranched alkanes of at least 4 members (excludes halogenated alkanes) is 3. The summed E-state index contributed by atoms with van der Waals surface area (Å²) in [6.45, 7) is 7.76. The van der Waals surface area contributed by atoms with Gasteiger partial charge in [0.25, 0.3) is 0 Å². The van der Waals surface area contributed by atoms with Crippen LogP contribution in [-0.4, -0.2) is 6.54 Å². The maximum absolute atomic E-state index is 5.70. The first-order chi connectivity index (χ1) is 8.06. The van der Waals surface area contributed by atoms with Crippen LogP contribution in [0.15, 0.2) is 24.3 Å². The van der Waals surface area contributed by atoms with Gasteiger partial charge in [-0.3, -0.25) is 0 Å². The third-order valence-electron chi connectivity index (χ3n) is 3.23. The van der Waals surface area contributed by atoms with Gasteiger partial charge in [0.2, 0.25) is 0 Å². The lowest BCUT2D eigenvalue weighted by Gasteiger charge is -2.27. The number of rotatable bonds is 7. The van der Waals surface area contributed by atoms with Crippen molar-refractivity contribution in [2.24, 2.45) is 0 Å². The SMILES string of the molecule is CCCCCCNC(C)(C)c1ccc(N)cc1.